The molecule has 3 rings (SSSR count). The van der Waals surface area contributed by atoms with Crippen LogP contribution in [0.1, 0.15) is 41.6 Å². The van der Waals surface area contributed by atoms with Crippen molar-refractivity contribution in [2.24, 2.45) is 17.2 Å². The number of halogens is 2. The Morgan fingerprint density at radius 1 is 0.931 bits per heavy atom. The van der Waals surface area contributed by atoms with Gasteiger partial charge in [-0.05, 0) is 47.0 Å². The molecule has 0 spiro atoms. The second-order valence-electron chi connectivity index (χ2n) is 6.23. The van der Waals surface area contributed by atoms with Crippen LogP contribution in [0, 0.1) is 0 Å². The molecule has 0 bridgehead atoms. The van der Waals surface area contributed by atoms with Crippen LogP contribution >= 0.6 is 34.5 Å². The summed E-state index contributed by atoms with van der Waals surface area (Å²) < 4.78 is 0. The number of nitrogens with two attached hydrogens (primary N) is 3. The highest BCUT2D eigenvalue weighted by molar-refractivity contribution is 7.15. The van der Waals surface area contributed by atoms with Gasteiger partial charge in [-0.25, -0.2) is 0 Å². The largest absolute Gasteiger partial charge is 0.404 e. The summed E-state index contributed by atoms with van der Waals surface area (Å²) in [5, 5.41) is 1.05. The maximum atomic E-state index is 11.8. The smallest absolute Gasteiger partial charge is 0.258 e. The minimum absolute atomic E-state index is 0.386. The third-order valence-corrected chi connectivity index (χ3v) is 6.31. The summed E-state index contributed by atoms with van der Waals surface area (Å²) in [6.45, 7) is 0. The maximum absolute atomic E-state index is 11.8. The molecule has 8 heteroatoms. The lowest BCUT2D eigenvalue weighted by atomic mass is 9.97. The van der Waals surface area contributed by atoms with E-state index in [1.165, 1.54) is 17.5 Å². The number of hydrogen-bond donors (Lipinski definition) is 3. The maximum Gasteiger partial charge on any atom is 0.258 e. The van der Waals surface area contributed by atoms with E-state index in [1.54, 1.807) is 48.5 Å². The summed E-state index contributed by atoms with van der Waals surface area (Å²) >= 11 is 13.9. The molecule has 0 unspecified atom stereocenters. The predicted molar refractivity (Wildman–Crippen MR) is 118 cm³/mol. The highest BCUT2D eigenvalue weighted by Crippen LogP contribution is 2.36. The standard InChI is InChI=1S/C21H17Cl2N3O2S/c22-16-2-1-3-17(23)14(16)8-13-9-18(21(26)28)29-19(13)15(10-24)11-4-6-12(7-5-11)20(25)27/h1-7,9-10H,8,24H2,(H2,25,27)(H2,26,28)/b15-10-. The monoisotopic (exact) mass is 445 g/mol. The van der Waals surface area contributed by atoms with Gasteiger partial charge in [0.05, 0.1) is 4.88 Å². The van der Waals surface area contributed by atoms with Crippen molar-refractivity contribution in [3.8, 4) is 0 Å². The van der Waals surface area contributed by atoms with Gasteiger partial charge in [0.15, 0.2) is 0 Å². The molecule has 0 saturated carbocycles. The van der Waals surface area contributed by atoms with E-state index in [0.29, 0.717) is 32.5 Å². The number of carbonyl (C=O) groups is 2. The number of hydrogen-bond acceptors (Lipinski definition) is 4. The molecule has 0 aliphatic carbocycles. The summed E-state index contributed by atoms with van der Waals surface area (Å²) in [7, 11) is 0. The van der Waals surface area contributed by atoms with Crippen LogP contribution in [0.4, 0.5) is 0 Å². The van der Waals surface area contributed by atoms with Crippen LogP contribution in [0.2, 0.25) is 10.0 Å². The average molecular weight is 446 g/mol. The first-order valence-electron chi connectivity index (χ1n) is 8.49. The molecule has 148 valence electrons. The first-order valence-corrected chi connectivity index (χ1v) is 10.1. The van der Waals surface area contributed by atoms with Crippen molar-refractivity contribution >= 4 is 51.9 Å². The van der Waals surface area contributed by atoms with Gasteiger partial charge in [-0.1, -0.05) is 41.4 Å². The van der Waals surface area contributed by atoms with E-state index in [1.807, 2.05) is 0 Å². The Kier molecular flexibility index (Phi) is 6.27. The Labute approximate surface area is 181 Å². The lowest BCUT2D eigenvalue weighted by Crippen LogP contribution is -2.10. The Balaban J connectivity index is 2.09. The zero-order chi connectivity index (χ0) is 21.1. The number of amides is 2. The van der Waals surface area contributed by atoms with Gasteiger partial charge in [0, 0.05) is 38.7 Å². The van der Waals surface area contributed by atoms with E-state index in [-0.39, 0.29) is 0 Å². The molecule has 5 nitrogen and oxygen atoms in total. The predicted octanol–water partition coefficient (Wildman–Crippen LogP) is 4.19. The molecule has 6 N–H and O–H groups in total. The SMILES string of the molecule is N/C=C(/c1ccc(C(N)=O)cc1)c1sc(C(N)=O)cc1Cc1c(Cl)cccc1Cl. The molecule has 0 aliphatic heterocycles. The Morgan fingerprint density at radius 3 is 2.03 bits per heavy atom. The van der Waals surface area contributed by atoms with E-state index in [9.17, 15) is 9.59 Å². The third-order valence-electron chi connectivity index (χ3n) is 4.37. The zero-order valence-electron chi connectivity index (χ0n) is 15.1. The molecule has 0 saturated heterocycles. The molecule has 0 aliphatic rings. The van der Waals surface area contributed by atoms with Crippen molar-refractivity contribution < 1.29 is 9.59 Å². The number of benzene rings is 2. The minimum atomic E-state index is -0.534. The fraction of sp³-hybridized carbons (Fsp3) is 0.0476. The second-order valence-corrected chi connectivity index (χ2v) is 8.09. The highest BCUT2D eigenvalue weighted by Gasteiger charge is 2.19. The molecule has 0 radical (unpaired) electrons. The van der Waals surface area contributed by atoms with Crippen molar-refractivity contribution in [2.75, 3.05) is 0 Å². The molecule has 0 fully saturated rings. The number of thiophene rings is 1. The highest BCUT2D eigenvalue weighted by atomic mass is 35.5. The first kappa shape index (κ1) is 20.9. The van der Waals surface area contributed by atoms with E-state index in [2.05, 4.69) is 0 Å². The fourth-order valence-electron chi connectivity index (χ4n) is 2.92. The van der Waals surface area contributed by atoms with Crippen LogP contribution in [-0.4, -0.2) is 11.8 Å². The van der Waals surface area contributed by atoms with Gasteiger partial charge in [-0.15, -0.1) is 11.3 Å². The number of carbonyl (C=O) groups excluding carboxylic acids is 2. The zero-order valence-corrected chi connectivity index (χ0v) is 17.4. The molecule has 2 amide bonds. The van der Waals surface area contributed by atoms with Gasteiger partial charge >= 0.3 is 0 Å². The molecule has 2 aromatic carbocycles. The van der Waals surface area contributed by atoms with E-state index in [0.717, 1.165) is 21.6 Å². The first-order chi connectivity index (χ1) is 13.8. The van der Waals surface area contributed by atoms with Gasteiger partial charge in [-0.2, -0.15) is 0 Å². The minimum Gasteiger partial charge on any atom is -0.404 e. The van der Waals surface area contributed by atoms with Crippen LogP contribution in [0.5, 0.6) is 0 Å². The van der Waals surface area contributed by atoms with Crippen LogP contribution in [-0.2, 0) is 6.42 Å². The molecular weight excluding hydrogens is 429 g/mol. The normalized spacial score (nSPS) is 11.4. The quantitative estimate of drug-likeness (QED) is 0.528. The Morgan fingerprint density at radius 2 is 1.52 bits per heavy atom. The van der Waals surface area contributed by atoms with Crippen molar-refractivity contribution in [3.05, 3.63) is 96.8 Å². The van der Waals surface area contributed by atoms with Crippen molar-refractivity contribution in [1.82, 2.24) is 0 Å². The molecule has 1 heterocycles. The van der Waals surface area contributed by atoms with Gasteiger partial charge < -0.3 is 17.2 Å². The summed E-state index contributed by atoms with van der Waals surface area (Å²) in [5.74, 6) is -1.05. The van der Waals surface area contributed by atoms with Gasteiger partial charge in [0.1, 0.15) is 0 Å². The molecule has 0 atom stereocenters. The molecule has 1 aromatic heterocycles. The number of primary amides is 2. The molecule has 29 heavy (non-hydrogen) atoms. The summed E-state index contributed by atoms with van der Waals surface area (Å²) in [5.41, 5.74) is 20.1. The van der Waals surface area contributed by atoms with Crippen LogP contribution in [0.3, 0.4) is 0 Å². The van der Waals surface area contributed by atoms with Crippen molar-refractivity contribution in [3.63, 3.8) is 0 Å². The summed E-state index contributed by atoms with van der Waals surface area (Å²) in [4.78, 5) is 24.3. The average Bonchev–Trinajstić information content (AvgIpc) is 3.10. The van der Waals surface area contributed by atoms with Gasteiger partial charge in [0.25, 0.3) is 5.91 Å². The van der Waals surface area contributed by atoms with E-state index in [4.69, 9.17) is 40.4 Å². The van der Waals surface area contributed by atoms with E-state index >= 15 is 0 Å². The lowest BCUT2D eigenvalue weighted by molar-refractivity contribution is 0.0993. The second kappa shape index (κ2) is 8.69. The van der Waals surface area contributed by atoms with Crippen LogP contribution < -0.4 is 17.2 Å². The number of rotatable bonds is 6. The molecule has 3 aromatic rings. The van der Waals surface area contributed by atoms with E-state index < -0.39 is 11.8 Å². The van der Waals surface area contributed by atoms with Crippen LogP contribution in [0.15, 0.2) is 54.7 Å². The van der Waals surface area contributed by atoms with Crippen molar-refractivity contribution in [2.45, 2.75) is 6.42 Å². The van der Waals surface area contributed by atoms with Gasteiger partial charge in [0.2, 0.25) is 5.91 Å². The Bertz CT molecular complexity index is 1100. The third kappa shape index (κ3) is 4.45. The van der Waals surface area contributed by atoms with Crippen molar-refractivity contribution in [1.29, 1.82) is 0 Å². The molecular formula is C21H17Cl2N3O2S. The topological polar surface area (TPSA) is 112 Å². The lowest BCUT2D eigenvalue weighted by Gasteiger charge is -2.11. The summed E-state index contributed by atoms with van der Waals surface area (Å²) in [6.07, 6.45) is 1.85. The summed E-state index contributed by atoms with van der Waals surface area (Å²) in [6, 6.07) is 13.7. The Hall–Kier alpha value is -2.80. The van der Waals surface area contributed by atoms with Crippen LogP contribution in [0.25, 0.3) is 5.57 Å². The fourth-order valence-corrected chi connectivity index (χ4v) is 4.53. The van der Waals surface area contributed by atoms with Gasteiger partial charge in [-0.3, -0.25) is 9.59 Å².